The van der Waals surface area contributed by atoms with E-state index in [2.05, 4.69) is 14.8 Å². The molecular formula is C15H20F3NO3. The number of nitrogens with one attached hydrogen (secondary N) is 1. The van der Waals surface area contributed by atoms with Crippen LogP contribution in [0.15, 0.2) is 24.3 Å². The highest BCUT2D eigenvalue weighted by Crippen LogP contribution is 2.22. The minimum atomic E-state index is -4.69. The van der Waals surface area contributed by atoms with Crippen LogP contribution >= 0.6 is 0 Å². The molecule has 22 heavy (non-hydrogen) atoms. The van der Waals surface area contributed by atoms with Gasteiger partial charge in [0, 0.05) is 12.6 Å². The highest BCUT2D eigenvalue weighted by Gasteiger charge is 2.30. The fourth-order valence-corrected chi connectivity index (χ4v) is 1.86. The van der Waals surface area contributed by atoms with Crippen molar-refractivity contribution >= 4 is 5.97 Å². The Labute approximate surface area is 127 Å². The second-order valence-electron chi connectivity index (χ2n) is 5.20. The van der Waals surface area contributed by atoms with Gasteiger partial charge in [-0.25, -0.2) is 0 Å². The first kappa shape index (κ1) is 18.3. The molecule has 0 bridgehead atoms. The molecule has 1 rings (SSSR count). The fourth-order valence-electron chi connectivity index (χ4n) is 1.86. The predicted molar refractivity (Wildman–Crippen MR) is 75.2 cm³/mol. The SMILES string of the molecule is COC(=O)CC(NCc1ccc(OC(F)(F)F)cc1)C(C)C. The first-order valence-corrected chi connectivity index (χ1v) is 6.86. The van der Waals surface area contributed by atoms with Crippen molar-refractivity contribution in [1.82, 2.24) is 5.32 Å². The van der Waals surface area contributed by atoms with Crippen LogP contribution in [0.3, 0.4) is 0 Å². The minimum Gasteiger partial charge on any atom is -0.469 e. The van der Waals surface area contributed by atoms with Crippen molar-refractivity contribution < 1.29 is 27.4 Å². The molecule has 1 unspecified atom stereocenters. The van der Waals surface area contributed by atoms with Crippen LogP contribution in [0, 0.1) is 5.92 Å². The molecule has 0 saturated heterocycles. The van der Waals surface area contributed by atoms with Crippen LogP contribution in [0.1, 0.15) is 25.8 Å². The van der Waals surface area contributed by atoms with Crippen molar-refractivity contribution in [3.05, 3.63) is 29.8 Å². The molecule has 0 aliphatic carbocycles. The molecule has 0 fully saturated rings. The van der Waals surface area contributed by atoms with E-state index in [1.807, 2.05) is 13.8 Å². The van der Waals surface area contributed by atoms with Crippen molar-refractivity contribution in [2.24, 2.45) is 5.92 Å². The molecule has 124 valence electrons. The van der Waals surface area contributed by atoms with E-state index in [-0.39, 0.29) is 30.1 Å². The maximum atomic E-state index is 12.1. The largest absolute Gasteiger partial charge is 0.573 e. The van der Waals surface area contributed by atoms with Gasteiger partial charge in [0.25, 0.3) is 0 Å². The van der Waals surface area contributed by atoms with Gasteiger partial charge in [-0.05, 0) is 23.6 Å². The maximum absolute atomic E-state index is 12.1. The topological polar surface area (TPSA) is 47.6 Å². The molecule has 0 radical (unpaired) electrons. The Balaban J connectivity index is 2.57. The zero-order chi connectivity index (χ0) is 16.8. The van der Waals surface area contributed by atoms with Crippen molar-refractivity contribution in [2.45, 2.75) is 39.2 Å². The molecule has 0 heterocycles. The van der Waals surface area contributed by atoms with Crippen LogP contribution in [0.5, 0.6) is 5.75 Å². The smallest absolute Gasteiger partial charge is 0.469 e. The van der Waals surface area contributed by atoms with E-state index in [4.69, 9.17) is 0 Å². The number of rotatable bonds is 7. The van der Waals surface area contributed by atoms with Gasteiger partial charge in [0.1, 0.15) is 5.75 Å². The maximum Gasteiger partial charge on any atom is 0.573 e. The third-order valence-corrected chi connectivity index (χ3v) is 3.14. The van der Waals surface area contributed by atoms with Crippen LogP contribution in [-0.2, 0) is 16.1 Å². The van der Waals surface area contributed by atoms with Gasteiger partial charge in [-0.1, -0.05) is 26.0 Å². The highest BCUT2D eigenvalue weighted by molar-refractivity contribution is 5.69. The fraction of sp³-hybridized carbons (Fsp3) is 0.533. The summed E-state index contributed by atoms with van der Waals surface area (Å²) in [6.45, 7) is 4.38. The summed E-state index contributed by atoms with van der Waals surface area (Å²) >= 11 is 0. The van der Waals surface area contributed by atoms with Crippen LogP contribution in [0.4, 0.5) is 13.2 Å². The molecular weight excluding hydrogens is 299 g/mol. The molecule has 0 saturated carbocycles. The molecule has 0 spiro atoms. The second-order valence-corrected chi connectivity index (χ2v) is 5.20. The molecule has 0 aromatic heterocycles. The Morgan fingerprint density at radius 2 is 1.82 bits per heavy atom. The molecule has 1 atom stereocenters. The second kappa shape index (κ2) is 8.03. The summed E-state index contributed by atoms with van der Waals surface area (Å²) in [6.07, 6.45) is -4.45. The Bertz CT molecular complexity index is 472. The quantitative estimate of drug-likeness (QED) is 0.784. The summed E-state index contributed by atoms with van der Waals surface area (Å²) in [5, 5.41) is 3.20. The number of alkyl halides is 3. The van der Waals surface area contributed by atoms with E-state index in [0.29, 0.717) is 6.54 Å². The number of hydrogen-bond donors (Lipinski definition) is 1. The van der Waals surface area contributed by atoms with Gasteiger partial charge in [-0.15, -0.1) is 13.2 Å². The standard InChI is InChI=1S/C15H20F3NO3/c1-10(2)13(8-14(20)21-3)19-9-11-4-6-12(7-5-11)22-15(16,17)18/h4-7,10,13,19H,8-9H2,1-3H3. The number of halogens is 3. The number of esters is 1. The van der Waals surface area contributed by atoms with E-state index in [1.165, 1.54) is 19.2 Å². The number of ether oxygens (including phenoxy) is 2. The summed E-state index contributed by atoms with van der Waals surface area (Å²) < 4.78 is 44.6. The number of hydrogen-bond acceptors (Lipinski definition) is 4. The van der Waals surface area contributed by atoms with E-state index < -0.39 is 6.36 Å². The third kappa shape index (κ3) is 6.80. The van der Waals surface area contributed by atoms with Crippen molar-refractivity contribution in [3.63, 3.8) is 0 Å². The van der Waals surface area contributed by atoms with E-state index in [1.54, 1.807) is 12.1 Å². The van der Waals surface area contributed by atoms with Gasteiger partial charge in [-0.3, -0.25) is 4.79 Å². The van der Waals surface area contributed by atoms with E-state index in [0.717, 1.165) is 5.56 Å². The summed E-state index contributed by atoms with van der Waals surface area (Å²) in [4.78, 5) is 11.3. The molecule has 7 heteroatoms. The van der Waals surface area contributed by atoms with Gasteiger partial charge in [0.15, 0.2) is 0 Å². The lowest BCUT2D eigenvalue weighted by Crippen LogP contribution is -2.35. The van der Waals surface area contributed by atoms with Crippen LogP contribution in [0.2, 0.25) is 0 Å². The molecule has 0 amide bonds. The van der Waals surface area contributed by atoms with E-state index >= 15 is 0 Å². The summed E-state index contributed by atoms with van der Waals surface area (Å²) in [6, 6.07) is 5.54. The van der Waals surface area contributed by atoms with E-state index in [9.17, 15) is 18.0 Å². The number of carbonyl (C=O) groups is 1. The zero-order valence-corrected chi connectivity index (χ0v) is 12.7. The van der Waals surface area contributed by atoms with Crippen molar-refractivity contribution in [1.29, 1.82) is 0 Å². The predicted octanol–water partition coefficient (Wildman–Crippen LogP) is 3.26. The van der Waals surface area contributed by atoms with Gasteiger partial charge < -0.3 is 14.8 Å². The van der Waals surface area contributed by atoms with Crippen molar-refractivity contribution in [3.8, 4) is 5.75 Å². The lowest BCUT2D eigenvalue weighted by Gasteiger charge is -2.21. The molecule has 1 aromatic carbocycles. The third-order valence-electron chi connectivity index (χ3n) is 3.14. The van der Waals surface area contributed by atoms with Crippen molar-refractivity contribution in [2.75, 3.05) is 7.11 Å². The lowest BCUT2D eigenvalue weighted by molar-refractivity contribution is -0.274. The normalized spacial score (nSPS) is 13.0. The number of benzene rings is 1. The molecule has 1 N–H and O–H groups in total. The lowest BCUT2D eigenvalue weighted by atomic mass is 10.0. The van der Waals surface area contributed by atoms with Crippen LogP contribution < -0.4 is 10.1 Å². The van der Waals surface area contributed by atoms with Gasteiger partial charge in [0.05, 0.1) is 13.5 Å². The monoisotopic (exact) mass is 319 g/mol. The molecule has 0 aliphatic heterocycles. The summed E-state index contributed by atoms with van der Waals surface area (Å²) in [7, 11) is 1.33. The Hall–Kier alpha value is -1.76. The molecule has 4 nitrogen and oxygen atoms in total. The first-order chi connectivity index (χ1) is 10.2. The first-order valence-electron chi connectivity index (χ1n) is 6.86. The number of carbonyl (C=O) groups excluding carboxylic acids is 1. The zero-order valence-electron chi connectivity index (χ0n) is 12.7. The summed E-state index contributed by atoms with van der Waals surface area (Å²) in [5.74, 6) is -0.349. The highest BCUT2D eigenvalue weighted by atomic mass is 19.4. The van der Waals surface area contributed by atoms with Gasteiger partial charge in [-0.2, -0.15) is 0 Å². The Morgan fingerprint density at radius 1 is 1.23 bits per heavy atom. The molecule has 0 aliphatic rings. The Kier molecular flexibility index (Phi) is 6.67. The van der Waals surface area contributed by atoms with Crippen LogP contribution in [-0.4, -0.2) is 25.5 Å². The van der Waals surface area contributed by atoms with Gasteiger partial charge in [0.2, 0.25) is 0 Å². The average molecular weight is 319 g/mol. The van der Waals surface area contributed by atoms with Gasteiger partial charge >= 0.3 is 12.3 Å². The number of methoxy groups -OCH3 is 1. The average Bonchev–Trinajstić information content (AvgIpc) is 2.42. The van der Waals surface area contributed by atoms with Crippen LogP contribution in [0.25, 0.3) is 0 Å². The minimum absolute atomic E-state index is 0.0708. The Morgan fingerprint density at radius 3 is 2.27 bits per heavy atom. The summed E-state index contributed by atoms with van der Waals surface area (Å²) in [5.41, 5.74) is 0.796. The molecule has 1 aromatic rings.